The summed E-state index contributed by atoms with van der Waals surface area (Å²) in [5.74, 6) is 0. The third kappa shape index (κ3) is 3.06. The van der Waals surface area contributed by atoms with Crippen LogP contribution in [-0.4, -0.2) is 29.4 Å². The summed E-state index contributed by atoms with van der Waals surface area (Å²) in [5, 5.41) is 28.0. The molecule has 0 radical (unpaired) electrons. The SMILES string of the molecule is N#Cc1cc(CO)ccc1N1CCCCCC1CO. The van der Waals surface area contributed by atoms with Crippen molar-refractivity contribution in [1.82, 2.24) is 0 Å². The third-order valence-electron chi connectivity index (χ3n) is 3.76. The maximum Gasteiger partial charge on any atom is 0.101 e. The lowest BCUT2D eigenvalue weighted by Gasteiger charge is -2.31. The van der Waals surface area contributed by atoms with Crippen LogP contribution >= 0.6 is 0 Å². The van der Waals surface area contributed by atoms with E-state index in [-0.39, 0.29) is 19.3 Å². The van der Waals surface area contributed by atoms with Crippen molar-refractivity contribution >= 4 is 5.69 Å². The Morgan fingerprint density at radius 3 is 2.79 bits per heavy atom. The molecule has 1 atom stereocenters. The smallest absolute Gasteiger partial charge is 0.101 e. The molecule has 102 valence electrons. The Morgan fingerprint density at radius 1 is 1.26 bits per heavy atom. The van der Waals surface area contributed by atoms with Gasteiger partial charge in [-0.05, 0) is 30.5 Å². The van der Waals surface area contributed by atoms with Gasteiger partial charge in [0.1, 0.15) is 6.07 Å². The molecular formula is C15H20N2O2. The minimum absolute atomic E-state index is 0.0572. The molecule has 0 bridgehead atoms. The van der Waals surface area contributed by atoms with Crippen molar-refractivity contribution < 1.29 is 10.2 Å². The molecule has 1 aromatic rings. The number of aliphatic hydroxyl groups excluding tert-OH is 2. The van der Waals surface area contributed by atoms with E-state index in [1.54, 1.807) is 6.07 Å². The first kappa shape index (κ1) is 13.9. The summed E-state index contributed by atoms with van der Waals surface area (Å²) < 4.78 is 0. The second kappa shape index (κ2) is 6.55. The molecule has 4 heteroatoms. The monoisotopic (exact) mass is 260 g/mol. The average Bonchev–Trinajstić information content (AvgIpc) is 2.71. The molecule has 1 unspecified atom stereocenters. The summed E-state index contributed by atoms with van der Waals surface area (Å²) >= 11 is 0. The predicted molar refractivity (Wildman–Crippen MR) is 73.8 cm³/mol. The lowest BCUT2D eigenvalue weighted by atomic mass is 10.1. The number of nitriles is 1. The summed E-state index contributed by atoms with van der Waals surface area (Å²) in [6.45, 7) is 0.934. The van der Waals surface area contributed by atoms with Crippen molar-refractivity contribution in [2.75, 3.05) is 18.1 Å². The fourth-order valence-electron chi connectivity index (χ4n) is 2.71. The van der Waals surface area contributed by atoms with Gasteiger partial charge in [0, 0.05) is 6.54 Å². The van der Waals surface area contributed by atoms with Gasteiger partial charge in [-0.2, -0.15) is 5.26 Å². The van der Waals surface area contributed by atoms with E-state index in [1.807, 2.05) is 12.1 Å². The van der Waals surface area contributed by atoms with Crippen LogP contribution in [0.1, 0.15) is 36.8 Å². The average molecular weight is 260 g/mol. The van der Waals surface area contributed by atoms with E-state index in [2.05, 4.69) is 11.0 Å². The lowest BCUT2D eigenvalue weighted by molar-refractivity contribution is 0.255. The number of anilines is 1. The Bertz CT molecular complexity index is 468. The van der Waals surface area contributed by atoms with Crippen LogP contribution in [-0.2, 0) is 6.61 Å². The van der Waals surface area contributed by atoms with Crippen LogP contribution in [0.15, 0.2) is 18.2 Å². The van der Waals surface area contributed by atoms with Gasteiger partial charge in [-0.1, -0.05) is 18.9 Å². The van der Waals surface area contributed by atoms with E-state index in [9.17, 15) is 10.4 Å². The minimum Gasteiger partial charge on any atom is -0.394 e. The molecule has 1 aliphatic heterocycles. The third-order valence-corrected chi connectivity index (χ3v) is 3.76. The van der Waals surface area contributed by atoms with Gasteiger partial charge >= 0.3 is 0 Å². The van der Waals surface area contributed by atoms with Crippen molar-refractivity contribution in [3.8, 4) is 6.07 Å². The summed E-state index contributed by atoms with van der Waals surface area (Å²) in [7, 11) is 0. The first-order chi connectivity index (χ1) is 9.30. The van der Waals surface area contributed by atoms with Crippen LogP contribution in [0.4, 0.5) is 5.69 Å². The molecule has 1 aliphatic rings. The Labute approximate surface area is 113 Å². The van der Waals surface area contributed by atoms with E-state index in [0.717, 1.165) is 37.1 Å². The van der Waals surface area contributed by atoms with E-state index < -0.39 is 0 Å². The minimum atomic E-state index is -0.0572. The number of nitrogens with zero attached hydrogens (tertiary/aromatic N) is 2. The van der Waals surface area contributed by atoms with Gasteiger partial charge < -0.3 is 15.1 Å². The van der Waals surface area contributed by atoms with Crippen LogP contribution in [0.5, 0.6) is 0 Å². The van der Waals surface area contributed by atoms with Gasteiger partial charge in [-0.3, -0.25) is 0 Å². The Hall–Kier alpha value is -1.57. The van der Waals surface area contributed by atoms with E-state index in [4.69, 9.17) is 5.11 Å². The number of hydrogen-bond acceptors (Lipinski definition) is 4. The fourth-order valence-corrected chi connectivity index (χ4v) is 2.71. The molecule has 0 spiro atoms. The van der Waals surface area contributed by atoms with E-state index >= 15 is 0 Å². The zero-order chi connectivity index (χ0) is 13.7. The molecule has 1 saturated heterocycles. The van der Waals surface area contributed by atoms with Crippen LogP contribution in [0.3, 0.4) is 0 Å². The quantitative estimate of drug-likeness (QED) is 0.869. The summed E-state index contributed by atoms with van der Waals surface area (Å²) in [6.07, 6.45) is 4.34. The first-order valence-electron chi connectivity index (χ1n) is 6.81. The predicted octanol–water partition coefficient (Wildman–Crippen LogP) is 1.79. The van der Waals surface area contributed by atoms with Crippen LogP contribution in [0.2, 0.25) is 0 Å². The molecule has 4 nitrogen and oxygen atoms in total. The molecule has 0 amide bonds. The van der Waals surface area contributed by atoms with Crippen LogP contribution in [0.25, 0.3) is 0 Å². The van der Waals surface area contributed by atoms with Crippen LogP contribution in [0, 0.1) is 11.3 Å². The van der Waals surface area contributed by atoms with E-state index in [1.165, 1.54) is 6.42 Å². The van der Waals surface area contributed by atoms with Gasteiger partial charge in [0.2, 0.25) is 0 Å². The van der Waals surface area contributed by atoms with Gasteiger partial charge in [-0.15, -0.1) is 0 Å². The highest BCUT2D eigenvalue weighted by Gasteiger charge is 2.22. The number of rotatable bonds is 3. The molecule has 1 aromatic carbocycles. The van der Waals surface area contributed by atoms with Crippen molar-refractivity contribution in [3.63, 3.8) is 0 Å². The molecule has 0 aliphatic carbocycles. The standard InChI is InChI=1S/C15H20N2O2/c16-9-13-8-12(10-18)5-6-15(13)17-7-3-1-2-4-14(17)11-19/h5-6,8,14,18-19H,1-4,7,10-11H2. The first-order valence-corrected chi connectivity index (χ1v) is 6.81. The zero-order valence-corrected chi connectivity index (χ0v) is 11.0. The van der Waals surface area contributed by atoms with Crippen molar-refractivity contribution in [3.05, 3.63) is 29.3 Å². The number of hydrogen-bond donors (Lipinski definition) is 2. The Morgan fingerprint density at radius 2 is 2.11 bits per heavy atom. The zero-order valence-electron chi connectivity index (χ0n) is 11.0. The van der Waals surface area contributed by atoms with Crippen LogP contribution < -0.4 is 4.90 Å². The Kier molecular flexibility index (Phi) is 4.78. The molecule has 0 aromatic heterocycles. The number of benzene rings is 1. The largest absolute Gasteiger partial charge is 0.394 e. The summed E-state index contributed by atoms with van der Waals surface area (Å²) in [6, 6.07) is 7.75. The van der Waals surface area contributed by atoms with Gasteiger partial charge in [-0.25, -0.2) is 0 Å². The summed E-state index contributed by atoms with van der Waals surface area (Å²) in [5.41, 5.74) is 2.20. The summed E-state index contributed by atoms with van der Waals surface area (Å²) in [4.78, 5) is 2.15. The molecule has 19 heavy (non-hydrogen) atoms. The Balaban J connectivity index is 2.35. The van der Waals surface area contributed by atoms with Gasteiger partial charge in [0.15, 0.2) is 0 Å². The maximum atomic E-state index is 9.55. The van der Waals surface area contributed by atoms with Crippen molar-refractivity contribution in [2.24, 2.45) is 0 Å². The fraction of sp³-hybridized carbons (Fsp3) is 0.533. The second-order valence-corrected chi connectivity index (χ2v) is 5.00. The highest BCUT2D eigenvalue weighted by atomic mass is 16.3. The molecule has 1 fully saturated rings. The maximum absolute atomic E-state index is 9.55. The van der Waals surface area contributed by atoms with Crippen molar-refractivity contribution in [1.29, 1.82) is 5.26 Å². The normalized spacial score (nSPS) is 19.8. The van der Waals surface area contributed by atoms with Crippen molar-refractivity contribution in [2.45, 2.75) is 38.3 Å². The molecule has 2 N–H and O–H groups in total. The second-order valence-electron chi connectivity index (χ2n) is 5.00. The van der Waals surface area contributed by atoms with Gasteiger partial charge in [0.25, 0.3) is 0 Å². The molecular weight excluding hydrogens is 240 g/mol. The highest BCUT2D eigenvalue weighted by molar-refractivity contribution is 5.61. The van der Waals surface area contributed by atoms with Gasteiger partial charge in [0.05, 0.1) is 30.5 Å². The van der Waals surface area contributed by atoms with E-state index in [0.29, 0.717) is 5.56 Å². The molecule has 2 rings (SSSR count). The molecule has 0 saturated carbocycles. The lowest BCUT2D eigenvalue weighted by Crippen LogP contribution is -2.38. The topological polar surface area (TPSA) is 67.5 Å². The number of aliphatic hydroxyl groups is 2. The molecule has 1 heterocycles. The highest BCUT2D eigenvalue weighted by Crippen LogP contribution is 2.28.